The Morgan fingerprint density at radius 2 is 1.87 bits per heavy atom. The zero-order valence-electron chi connectivity index (χ0n) is 10.5. The molecule has 0 atom stereocenters. The summed E-state index contributed by atoms with van der Waals surface area (Å²) in [7, 11) is 0. The van der Waals surface area contributed by atoms with Crippen LogP contribution >= 0.6 is 0 Å². The van der Waals surface area contributed by atoms with Gasteiger partial charge in [0.05, 0.1) is 6.61 Å². The average molecular weight is 216 g/mol. The molecule has 0 aromatic carbocycles. The van der Waals surface area contributed by atoms with Crippen molar-refractivity contribution in [3.8, 4) is 0 Å². The van der Waals surface area contributed by atoms with Crippen molar-refractivity contribution in [3.05, 3.63) is 0 Å². The number of hydrogen-bond acceptors (Lipinski definition) is 3. The second-order valence-corrected chi connectivity index (χ2v) is 5.05. The molecule has 0 fully saturated rings. The van der Waals surface area contributed by atoms with E-state index in [1.54, 1.807) is 0 Å². The Balaban J connectivity index is 3.32. The van der Waals surface area contributed by atoms with E-state index < -0.39 is 0 Å². The van der Waals surface area contributed by atoms with Crippen LogP contribution in [0.2, 0.25) is 0 Å². The van der Waals surface area contributed by atoms with Gasteiger partial charge in [-0.3, -0.25) is 4.89 Å². The predicted molar refractivity (Wildman–Crippen MR) is 60.3 cm³/mol. The van der Waals surface area contributed by atoms with E-state index in [2.05, 4.69) is 32.6 Å². The highest BCUT2D eigenvalue weighted by Crippen LogP contribution is 2.17. The van der Waals surface area contributed by atoms with Crippen LogP contribution in [-0.2, 0) is 14.6 Å². The van der Waals surface area contributed by atoms with Crippen LogP contribution in [0.25, 0.3) is 0 Å². The quantitative estimate of drug-likeness (QED) is 0.371. The number of carbonyl (C=O) groups is 1. The fraction of sp³-hybridized carbons (Fsp3) is 0.917. The smallest absolute Gasteiger partial charge is 0.298 e. The predicted octanol–water partition coefficient (Wildman–Crippen LogP) is 3.48. The molecule has 0 amide bonds. The molecule has 0 aromatic rings. The van der Waals surface area contributed by atoms with Gasteiger partial charge >= 0.3 is 5.97 Å². The molecule has 0 saturated carbocycles. The molecule has 0 N–H and O–H groups in total. The van der Waals surface area contributed by atoms with Gasteiger partial charge in [0, 0.05) is 6.42 Å². The van der Waals surface area contributed by atoms with Gasteiger partial charge in [-0.2, -0.15) is 4.89 Å². The molecule has 0 aliphatic carbocycles. The van der Waals surface area contributed by atoms with Crippen LogP contribution in [0.3, 0.4) is 0 Å². The normalized spacial score (nSPS) is 11.5. The van der Waals surface area contributed by atoms with Crippen LogP contribution in [0.15, 0.2) is 0 Å². The monoisotopic (exact) mass is 216 g/mol. The highest BCUT2D eigenvalue weighted by atomic mass is 17.2. The van der Waals surface area contributed by atoms with E-state index in [9.17, 15) is 4.79 Å². The standard InChI is InChI=1S/C12H24O3/c1-5-6-7-8-11(13)15-14-10-9-12(2,3)4/h5-10H2,1-4H3. The second-order valence-electron chi connectivity index (χ2n) is 5.05. The van der Waals surface area contributed by atoms with Gasteiger partial charge in [0.15, 0.2) is 0 Å². The van der Waals surface area contributed by atoms with Crippen molar-refractivity contribution in [2.24, 2.45) is 5.41 Å². The van der Waals surface area contributed by atoms with Crippen LogP contribution in [0.4, 0.5) is 0 Å². The van der Waals surface area contributed by atoms with Crippen LogP contribution in [-0.4, -0.2) is 12.6 Å². The molecule has 0 radical (unpaired) electrons. The number of rotatable bonds is 7. The minimum absolute atomic E-state index is 0.217. The summed E-state index contributed by atoms with van der Waals surface area (Å²) in [6.45, 7) is 8.95. The van der Waals surface area contributed by atoms with Crippen LogP contribution in [0.5, 0.6) is 0 Å². The first-order valence-electron chi connectivity index (χ1n) is 5.78. The Bertz CT molecular complexity index is 170. The van der Waals surface area contributed by atoms with Gasteiger partial charge in [-0.25, -0.2) is 4.79 Å². The third-order valence-corrected chi connectivity index (χ3v) is 2.07. The minimum Gasteiger partial charge on any atom is -0.298 e. The zero-order chi connectivity index (χ0) is 11.7. The molecule has 90 valence electrons. The largest absolute Gasteiger partial charge is 0.342 e. The molecule has 0 rings (SSSR count). The molecule has 0 aliphatic heterocycles. The Morgan fingerprint density at radius 1 is 1.20 bits per heavy atom. The molecule has 0 aromatic heterocycles. The third-order valence-electron chi connectivity index (χ3n) is 2.07. The summed E-state index contributed by atoms with van der Waals surface area (Å²) in [6.07, 6.45) is 4.41. The lowest BCUT2D eigenvalue weighted by Gasteiger charge is -2.16. The van der Waals surface area contributed by atoms with Gasteiger partial charge in [0.2, 0.25) is 0 Å². The number of hydrogen-bond donors (Lipinski definition) is 0. The van der Waals surface area contributed by atoms with Crippen LogP contribution in [0.1, 0.15) is 59.8 Å². The molecule has 0 heterocycles. The molecule has 0 aliphatic rings. The summed E-state index contributed by atoms with van der Waals surface area (Å²) in [4.78, 5) is 20.6. The van der Waals surface area contributed by atoms with E-state index in [4.69, 9.17) is 4.89 Å². The molecule has 0 bridgehead atoms. The molecule has 15 heavy (non-hydrogen) atoms. The molecular weight excluding hydrogens is 192 g/mol. The van der Waals surface area contributed by atoms with Crippen molar-refractivity contribution < 1.29 is 14.6 Å². The summed E-state index contributed by atoms with van der Waals surface area (Å²) >= 11 is 0. The maximum absolute atomic E-state index is 11.1. The summed E-state index contributed by atoms with van der Waals surface area (Å²) in [6, 6.07) is 0. The molecule has 3 nitrogen and oxygen atoms in total. The lowest BCUT2D eigenvalue weighted by Crippen LogP contribution is -2.12. The Labute approximate surface area is 93.1 Å². The number of carbonyl (C=O) groups excluding carboxylic acids is 1. The highest BCUT2D eigenvalue weighted by molar-refractivity contribution is 5.68. The Kier molecular flexibility index (Phi) is 7.39. The number of unbranched alkanes of at least 4 members (excludes halogenated alkanes) is 2. The van der Waals surface area contributed by atoms with E-state index in [1.807, 2.05) is 0 Å². The zero-order valence-corrected chi connectivity index (χ0v) is 10.5. The summed E-state index contributed by atoms with van der Waals surface area (Å²) in [5.74, 6) is -0.252. The summed E-state index contributed by atoms with van der Waals surface area (Å²) < 4.78 is 0. The maximum Gasteiger partial charge on any atom is 0.342 e. The molecular formula is C12H24O3. The van der Waals surface area contributed by atoms with Gasteiger partial charge in [-0.1, -0.05) is 40.5 Å². The SMILES string of the molecule is CCCCCC(=O)OOCCC(C)(C)C. The van der Waals surface area contributed by atoms with Crippen molar-refractivity contribution in [1.82, 2.24) is 0 Å². The topological polar surface area (TPSA) is 35.5 Å². The van der Waals surface area contributed by atoms with Crippen molar-refractivity contribution in [2.45, 2.75) is 59.8 Å². The van der Waals surface area contributed by atoms with Crippen molar-refractivity contribution in [3.63, 3.8) is 0 Å². The third kappa shape index (κ3) is 11.4. The summed E-state index contributed by atoms with van der Waals surface area (Å²) in [5, 5.41) is 0. The molecule has 3 heteroatoms. The Morgan fingerprint density at radius 3 is 2.40 bits per heavy atom. The Hall–Kier alpha value is -0.570. The molecule has 0 unspecified atom stereocenters. The average Bonchev–Trinajstić information content (AvgIpc) is 2.11. The van der Waals surface area contributed by atoms with E-state index in [1.165, 1.54) is 0 Å². The van der Waals surface area contributed by atoms with Crippen molar-refractivity contribution in [2.75, 3.05) is 6.61 Å². The van der Waals surface area contributed by atoms with Gasteiger partial charge in [-0.05, 0) is 18.3 Å². The lowest BCUT2D eigenvalue weighted by atomic mass is 9.93. The van der Waals surface area contributed by atoms with Crippen LogP contribution < -0.4 is 0 Å². The summed E-state index contributed by atoms with van der Waals surface area (Å²) in [5.41, 5.74) is 0.217. The highest BCUT2D eigenvalue weighted by Gasteiger charge is 2.10. The van der Waals surface area contributed by atoms with Crippen molar-refractivity contribution >= 4 is 5.97 Å². The fourth-order valence-corrected chi connectivity index (χ4v) is 1.02. The van der Waals surface area contributed by atoms with E-state index >= 15 is 0 Å². The molecule has 0 saturated heterocycles. The van der Waals surface area contributed by atoms with Gasteiger partial charge in [0.25, 0.3) is 0 Å². The fourth-order valence-electron chi connectivity index (χ4n) is 1.02. The minimum atomic E-state index is -0.252. The first kappa shape index (κ1) is 14.4. The van der Waals surface area contributed by atoms with Gasteiger partial charge in [-0.15, -0.1) is 0 Å². The molecule has 0 spiro atoms. The van der Waals surface area contributed by atoms with E-state index in [-0.39, 0.29) is 11.4 Å². The second kappa shape index (κ2) is 7.69. The van der Waals surface area contributed by atoms with E-state index in [0.29, 0.717) is 13.0 Å². The van der Waals surface area contributed by atoms with Gasteiger partial charge < -0.3 is 0 Å². The van der Waals surface area contributed by atoms with Gasteiger partial charge in [0.1, 0.15) is 0 Å². The van der Waals surface area contributed by atoms with Crippen molar-refractivity contribution in [1.29, 1.82) is 0 Å². The first-order valence-corrected chi connectivity index (χ1v) is 5.78. The van der Waals surface area contributed by atoms with Crippen LogP contribution in [0, 0.1) is 5.41 Å². The lowest BCUT2D eigenvalue weighted by molar-refractivity contribution is -0.274. The first-order chi connectivity index (χ1) is 6.95. The maximum atomic E-state index is 11.1. The van der Waals surface area contributed by atoms with E-state index in [0.717, 1.165) is 25.7 Å².